The SMILES string of the molecule is CC(C)(C)OC(=O)CS(=O)(=O)CC(=O)C1CC1. The topological polar surface area (TPSA) is 77.5 Å². The Balaban J connectivity index is 2.48. The summed E-state index contributed by atoms with van der Waals surface area (Å²) in [4.78, 5) is 22.7. The zero-order valence-corrected chi connectivity index (χ0v) is 11.2. The highest BCUT2D eigenvalue weighted by atomic mass is 32.2. The quantitative estimate of drug-likeness (QED) is 0.682. The van der Waals surface area contributed by atoms with E-state index >= 15 is 0 Å². The molecule has 1 aliphatic rings. The molecule has 0 heterocycles. The van der Waals surface area contributed by atoms with Gasteiger partial charge in [-0.3, -0.25) is 9.59 Å². The van der Waals surface area contributed by atoms with E-state index in [4.69, 9.17) is 4.74 Å². The van der Waals surface area contributed by atoms with Crippen LogP contribution in [0, 0.1) is 5.92 Å². The molecular formula is C11H18O5S. The molecule has 0 unspecified atom stereocenters. The Morgan fingerprint density at radius 3 is 2.12 bits per heavy atom. The number of carbonyl (C=O) groups excluding carboxylic acids is 2. The summed E-state index contributed by atoms with van der Waals surface area (Å²) in [5, 5.41) is 0. The molecule has 0 bridgehead atoms. The van der Waals surface area contributed by atoms with Crippen molar-refractivity contribution in [3.63, 3.8) is 0 Å². The number of rotatable bonds is 5. The van der Waals surface area contributed by atoms with Gasteiger partial charge in [0.2, 0.25) is 0 Å². The van der Waals surface area contributed by atoms with Crippen molar-refractivity contribution in [1.82, 2.24) is 0 Å². The summed E-state index contributed by atoms with van der Waals surface area (Å²) in [6.07, 6.45) is 1.53. The summed E-state index contributed by atoms with van der Waals surface area (Å²) in [6, 6.07) is 0. The van der Waals surface area contributed by atoms with Crippen LogP contribution in [0.3, 0.4) is 0 Å². The minimum atomic E-state index is -3.68. The zero-order valence-electron chi connectivity index (χ0n) is 10.4. The van der Waals surface area contributed by atoms with E-state index in [9.17, 15) is 18.0 Å². The fourth-order valence-electron chi connectivity index (χ4n) is 1.34. The summed E-state index contributed by atoms with van der Waals surface area (Å²) in [5.74, 6) is -2.46. The van der Waals surface area contributed by atoms with Crippen molar-refractivity contribution in [1.29, 1.82) is 0 Å². The van der Waals surface area contributed by atoms with Crippen molar-refractivity contribution in [3.05, 3.63) is 0 Å². The van der Waals surface area contributed by atoms with Gasteiger partial charge >= 0.3 is 5.97 Å². The molecular weight excluding hydrogens is 244 g/mol. The fourth-order valence-corrected chi connectivity index (χ4v) is 2.53. The molecule has 0 amide bonds. The lowest BCUT2D eigenvalue weighted by Gasteiger charge is -2.19. The van der Waals surface area contributed by atoms with Crippen molar-refractivity contribution in [2.75, 3.05) is 11.5 Å². The molecule has 0 radical (unpaired) electrons. The lowest BCUT2D eigenvalue weighted by Crippen LogP contribution is -2.31. The molecule has 17 heavy (non-hydrogen) atoms. The maximum Gasteiger partial charge on any atom is 0.321 e. The third-order valence-electron chi connectivity index (χ3n) is 2.15. The minimum Gasteiger partial charge on any atom is -0.459 e. The first kappa shape index (κ1) is 14.2. The Kier molecular flexibility index (Phi) is 3.96. The van der Waals surface area contributed by atoms with Crippen LogP contribution in [-0.2, 0) is 24.2 Å². The second-order valence-electron chi connectivity index (χ2n) is 5.36. The molecule has 1 aliphatic carbocycles. The normalized spacial score (nSPS) is 16.6. The molecule has 0 aromatic heterocycles. The highest BCUT2D eigenvalue weighted by molar-refractivity contribution is 7.92. The molecule has 0 N–H and O–H groups in total. The van der Waals surface area contributed by atoms with Crippen molar-refractivity contribution < 1.29 is 22.7 Å². The average Bonchev–Trinajstić information content (AvgIpc) is 2.76. The average molecular weight is 262 g/mol. The first-order valence-corrected chi connectivity index (χ1v) is 7.36. The fraction of sp³-hybridized carbons (Fsp3) is 0.818. The molecule has 1 saturated carbocycles. The second kappa shape index (κ2) is 4.76. The van der Waals surface area contributed by atoms with E-state index in [1.807, 2.05) is 0 Å². The summed E-state index contributed by atoms with van der Waals surface area (Å²) in [5.41, 5.74) is -0.715. The molecule has 0 saturated heterocycles. The molecule has 1 rings (SSSR count). The molecule has 0 aromatic rings. The van der Waals surface area contributed by atoms with Gasteiger partial charge < -0.3 is 4.74 Å². The maximum absolute atomic E-state index is 11.5. The van der Waals surface area contributed by atoms with E-state index in [2.05, 4.69) is 0 Å². The lowest BCUT2D eigenvalue weighted by atomic mass is 10.2. The van der Waals surface area contributed by atoms with Gasteiger partial charge in [-0.15, -0.1) is 0 Å². The molecule has 0 spiro atoms. The monoisotopic (exact) mass is 262 g/mol. The van der Waals surface area contributed by atoms with Crippen LogP contribution in [0.1, 0.15) is 33.6 Å². The van der Waals surface area contributed by atoms with Crippen molar-refractivity contribution in [2.24, 2.45) is 5.92 Å². The number of ether oxygens (including phenoxy) is 1. The van der Waals surface area contributed by atoms with Crippen molar-refractivity contribution in [2.45, 2.75) is 39.2 Å². The van der Waals surface area contributed by atoms with Gasteiger partial charge in [0.15, 0.2) is 15.6 Å². The summed E-state index contributed by atoms with van der Waals surface area (Å²) in [6.45, 7) is 4.98. The summed E-state index contributed by atoms with van der Waals surface area (Å²) in [7, 11) is -3.68. The summed E-state index contributed by atoms with van der Waals surface area (Å²) < 4.78 is 28.0. The first-order chi connectivity index (χ1) is 7.59. The van der Waals surface area contributed by atoms with Gasteiger partial charge in [0, 0.05) is 5.92 Å². The Labute approximate surface area is 101 Å². The minimum absolute atomic E-state index is 0.108. The van der Waals surface area contributed by atoms with Gasteiger partial charge in [-0.1, -0.05) is 0 Å². The summed E-state index contributed by atoms with van der Waals surface area (Å²) >= 11 is 0. The second-order valence-corrected chi connectivity index (χ2v) is 7.42. The Bertz CT molecular complexity index is 412. The van der Waals surface area contributed by atoms with Crippen LogP contribution >= 0.6 is 0 Å². The number of Topliss-reactive ketones (excluding diaryl/α,β-unsaturated/α-hetero) is 1. The third-order valence-corrected chi connectivity index (χ3v) is 3.55. The van der Waals surface area contributed by atoms with Crippen LogP contribution < -0.4 is 0 Å². The standard InChI is InChI=1S/C11H18O5S/c1-11(2,3)16-10(13)7-17(14,15)6-9(12)8-4-5-8/h8H,4-7H2,1-3H3. The van der Waals surface area contributed by atoms with Gasteiger partial charge in [-0.25, -0.2) is 8.42 Å². The van der Waals surface area contributed by atoms with Gasteiger partial charge in [0.25, 0.3) is 0 Å². The van der Waals surface area contributed by atoms with Crippen LogP contribution in [0.5, 0.6) is 0 Å². The smallest absolute Gasteiger partial charge is 0.321 e. The van der Waals surface area contributed by atoms with Gasteiger partial charge in [-0.05, 0) is 33.6 Å². The molecule has 1 fully saturated rings. The highest BCUT2D eigenvalue weighted by Crippen LogP contribution is 2.30. The van der Waals surface area contributed by atoms with Gasteiger partial charge in [0.1, 0.15) is 17.1 Å². The van der Waals surface area contributed by atoms with Crippen LogP contribution in [0.2, 0.25) is 0 Å². The van der Waals surface area contributed by atoms with Gasteiger partial charge in [-0.2, -0.15) is 0 Å². The first-order valence-electron chi connectivity index (χ1n) is 5.54. The Hall–Kier alpha value is -0.910. The predicted molar refractivity (Wildman–Crippen MR) is 62.2 cm³/mol. The van der Waals surface area contributed by atoms with Crippen LogP contribution in [0.25, 0.3) is 0 Å². The number of ketones is 1. The van der Waals surface area contributed by atoms with Gasteiger partial charge in [0.05, 0.1) is 0 Å². The van der Waals surface area contributed by atoms with Crippen LogP contribution in [0.4, 0.5) is 0 Å². The van der Waals surface area contributed by atoms with Crippen molar-refractivity contribution in [3.8, 4) is 0 Å². The van der Waals surface area contributed by atoms with E-state index < -0.39 is 32.9 Å². The number of esters is 1. The van der Waals surface area contributed by atoms with E-state index in [0.29, 0.717) is 0 Å². The van der Waals surface area contributed by atoms with E-state index in [1.165, 1.54) is 0 Å². The number of hydrogen-bond donors (Lipinski definition) is 0. The molecule has 6 heteroatoms. The van der Waals surface area contributed by atoms with E-state index in [-0.39, 0.29) is 11.7 Å². The third kappa shape index (κ3) is 5.81. The number of hydrogen-bond acceptors (Lipinski definition) is 5. The van der Waals surface area contributed by atoms with Crippen LogP contribution in [-0.4, -0.2) is 37.3 Å². The van der Waals surface area contributed by atoms with Crippen molar-refractivity contribution >= 4 is 21.6 Å². The highest BCUT2D eigenvalue weighted by Gasteiger charge is 2.33. The van der Waals surface area contributed by atoms with Crippen LogP contribution in [0.15, 0.2) is 0 Å². The number of sulfone groups is 1. The lowest BCUT2D eigenvalue weighted by molar-refractivity contribution is -0.151. The Morgan fingerprint density at radius 1 is 1.18 bits per heavy atom. The molecule has 5 nitrogen and oxygen atoms in total. The maximum atomic E-state index is 11.5. The zero-order chi connectivity index (χ0) is 13.3. The molecule has 98 valence electrons. The predicted octanol–water partition coefficient (Wildman–Crippen LogP) is 0.722. The molecule has 0 atom stereocenters. The number of carbonyl (C=O) groups is 2. The van der Waals surface area contributed by atoms with E-state index in [0.717, 1.165) is 12.8 Å². The Morgan fingerprint density at radius 2 is 1.71 bits per heavy atom. The molecule has 0 aliphatic heterocycles. The molecule has 0 aromatic carbocycles. The largest absolute Gasteiger partial charge is 0.459 e. The van der Waals surface area contributed by atoms with E-state index in [1.54, 1.807) is 20.8 Å².